The predicted octanol–water partition coefficient (Wildman–Crippen LogP) is 2.85. The smallest absolute Gasteiger partial charge is 0.337 e. The molecule has 0 aliphatic heterocycles. The monoisotopic (exact) mass is 278 g/mol. The summed E-state index contributed by atoms with van der Waals surface area (Å²) in [5, 5.41) is 8.22. The Morgan fingerprint density at radius 1 is 1.24 bits per heavy atom. The van der Waals surface area contributed by atoms with Crippen molar-refractivity contribution in [2.75, 3.05) is 6.61 Å². The van der Waals surface area contributed by atoms with E-state index in [9.17, 15) is 9.59 Å². The lowest BCUT2D eigenvalue weighted by atomic mass is 10.3. The number of ether oxygens (including phenoxy) is 1. The van der Waals surface area contributed by atoms with Crippen LogP contribution in [0.2, 0.25) is 0 Å². The Balaban J connectivity index is 0. The molecule has 0 saturated heterocycles. The maximum absolute atomic E-state index is 10.9. The van der Waals surface area contributed by atoms with Crippen LogP contribution in [-0.4, -0.2) is 23.7 Å². The van der Waals surface area contributed by atoms with Crippen molar-refractivity contribution in [1.29, 1.82) is 0 Å². The molecule has 0 amide bonds. The number of rotatable bonds is 5. The van der Waals surface area contributed by atoms with Gasteiger partial charge >= 0.3 is 11.9 Å². The quantitative estimate of drug-likeness (QED) is 0.364. The van der Waals surface area contributed by atoms with Crippen LogP contribution in [0.5, 0.6) is 0 Å². The summed E-state index contributed by atoms with van der Waals surface area (Å²) in [4.78, 5) is 20.9. The second-order valence-corrected chi connectivity index (χ2v) is 3.53. The minimum absolute atomic E-state index is 0.00995. The number of aliphatic carboxylic acids is 1. The largest absolute Gasteiger partial charge is 0.478 e. The van der Waals surface area contributed by atoms with Gasteiger partial charge in [-0.2, -0.15) is 0 Å². The molecule has 0 aromatic carbocycles. The van der Waals surface area contributed by atoms with E-state index < -0.39 is 11.9 Å². The summed E-state index contributed by atoms with van der Waals surface area (Å²) in [7, 11) is 0. The first kappa shape index (κ1) is 17.9. The third-order valence-corrected chi connectivity index (χ3v) is 1.02. The molecule has 0 radical (unpaired) electrons. The second-order valence-electron chi connectivity index (χ2n) is 2.42. The fourth-order valence-corrected chi connectivity index (χ4v) is 0.467. The Morgan fingerprint density at radius 3 is 2.06 bits per heavy atom. The van der Waals surface area contributed by atoms with Gasteiger partial charge in [0, 0.05) is 6.08 Å². The molecule has 17 heavy (non-hydrogen) atoms. The topological polar surface area (TPSA) is 63.6 Å². The molecular weight excluding hydrogens is 267 g/mol. The van der Waals surface area contributed by atoms with Gasteiger partial charge in [-0.3, -0.25) is 0 Å². The molecule has 0 atom stereocenters. The third-order valence-electron chi connectivity index (χ3n) is 1.02. The van der Waals surface area contributed by atoms with Crippen molar-refractivity contribution in [3.05, 3.63) is 48.0 Å². The summed E-state index contributed by atoms with van der Waals surface area (Å²) < 4.78 is 4.70. The molecule has 1 N–H and O–H groups in total. The van der Waals surface area contributed by atoms with Crippen LogP contribution >= 0.6 is 23.2 Å². The summed E-state index contributed by atoms with van der Waals surface area (Å²) in [6.45, 7) is 9.84. The molecule has 0 bridgehead atoms. The molecule has 4 nitrogen and oxygen atoms in total. The van der Waals surface area contributed by atoms with Crippen LogP contribution in [0.3, 0.4) is 0 Å². The van der Waals surface area contributed by atoms with Crippen LogP contribution in [0.1, 0.15) is 0 Å². The summed E-state index contributed by atoms with van der Waals surface area (Å²) >= 11 is 9.69. The maximum atomic E-state index is 10.9. The van der Waals surface area contributed by atoms with Gasteiger partial charge in [0.1, 0.15) is 6.61 Å². The average molecular weight is 279 g/mol. The van der Waals surface area contributed by atoms with Crippen molar-refractivity contribution >= 4 is 35.1 Å². The second kappa shape index (κ2) is 11.0. The van der Waals surface area contributed by atoms with E-state index in [4.69, 9.17) is 28.3 Å². The number of esters is 1. The van der Waals surface area contributed by atoms with Crippen molar-refractivity contribution in [1.82, 2.24) is 0 Å². The van der Waals surface area contributed by atoms with E-state index in [1.165, 1.54) is 6.08 Å². The minimum Gasteiger partial charge on any atom is -0.478 e. The lowest BCUT2D eigenvalue weighted by molar-refractivity contribution is -0.137. The van der Waals surface area contributed by atoms with Crippen LogP contribution in [0.4, 0.5) is 0 Å². The van der Waals surface area contributed by atoms with Gasteiger partial charge in [0.15, 0.2) is 0 Å². The molecule has 0 unspecified atom stereocenters. The fraction of sp³-hybridized carbons (Fsp3) is 0.0909. The van der Waals surface area contributed by atoms with E-state index in [1.807, 2.05) is 0 Å². The SMILES string of the molecule is C=C(Cl)Cl.C=CCOC(=O)C(=C)C=CC(=O)O. The zero-order valence-electron chi connectivity index (χ0n) is 8.99. The first-order chi connectivity index (χ1) is 7.81. The Morgan fingerprint density at radius 2 is 1.71 bits per heavy atom. The highest BCUT2D eigenvalue weighted by molar-refractivity contribution is 6.55. The van der Waals surface area contributed by atoms with Crippen LogP contribution in [0.25, 0.3) is 0 Å². The third kappa shape index (κ3) is 17.1. The molecule has 0 aliphatic rings. The van der Waals surface area contributed by atoms with Crippen molar-refractivity contribution in [2.45, 2.75) is 0 Å². The molecule has 0 saturated carbocycles. The van der Waals surface area contributed by atoms with Crippen molar-refractivity contribution < 1.29 is 19.4 Å². The molecule has 0 aromatic heterocycles. The van der Waals surface area contributed by atoms with E-state index in [-0.39, 0.29) is 16.7 Å². The Kier molecular flexibility index (Phi) is 11.5. The standard InChI is InChI=1S/C9H10O4.C2H2Cl2/c1-3-6-13-9(12)7(2)4-5-8(10)11;1-2(3)4/h3-5H,1-2,6H2,(H,10,11);1H2. The first-order valence-corrected chi connectivity index (χ1v) is 4.94. The molecule has 0 heterocycles. The highest BCUT2D eigenvalue weighted by Crippen LogP contribution is 1.98. The summed E-state index contributed by atoms with van der Waals surface area (Å²) in [6, 6.07) is 0. The zero-order valence-corrected chi connectivity index (χ0v) is 10.5. The Bertz CT molecular complexity index is 341. The highest BCUT2D eigenvalue weighted by Gasteiger charge is 2.03. The van der Waals surface area contributed by atoms with Crippen LogP contribution < -0.4 is 0 Å². The van der Waals surface area contributed by atoms with E-state index in [1.54, 1.807) is 0 Å². The highest BCUT2D eigenvalue weighted by atomic mass is 35.5. The van der Waals surface area contributed by atoms with Gasteiger partial charge in [-0.05, 0) is 6.08 Å². The Labute approximate surface area is 109 Å². The van der Waals surface area contributed by atoms with Crippen LogP contribution in [0, 0.1) is 0 Å². The number of hydrogen-bond acceptors (Lipinski definition) is 3. The predicted molar refractivity (Wildman–Crippen MR) is 67.9 cm³/mol. The molecule has 0 fully saturated rings. The number of carbonyl (C=O) groups is 2. The van der Waals surface area contributed by atoms with E-state index in [2.05, 4.69) is 24.5 Å². The number of carboxylic acid groups (broad SMARTS) is 1. The lowest BCUT2D eigenvalue weighted by Gasteiger charge is -1.99. The number of halogens is 2. The van der Waals surface area contributed by atoms with Crippen molar-refractivity contribution in [2.24, 2.45) is 0 Å². The molecule has 0 spiro atoms. The van der Waals surface area contributed by atoms with Gasteiger partial charge < -0.3 is 9.84 Å². The lowest BCUT2D eigenvalue weighted by Crippen LogP contribution is -2.05. The fourth-order valence-electron chi connectivity index (χ4n) is 0.467. The van der Waals surface area contributed by atoms with E-state index in [0.717, 1.165) is 12.2 Å². The molecular formula is C11H12Cl2O4. The minimum atomic E-state index is -1.14. The summed E-state index contributed by atoms with van der Waals surface area (Å²) in [5.74, 6) is -1.80. The average Bonchev–Trinajstić information content (AvgIpc) is 2.21. The number of carbonyl (C=O) groups excluding carboxylic acids is 1. The number of carboxylic acids is 1. The van der Waals surface area contributed by atoms with Gasteiger partial charge in [-0.1, -0.05) is 49.0 Å². The van der Waals surface area contributed by atoms with Crippen molar-refractivity contribution in [3.63, 3.8) is 0 Å². The number of hydrogen-bond donors (Lipinski definition) is 1. The van der Waals surface area contributed by atoms with Crippen molar-refractivity contribution in [3.8, 4) is 0 Å². The normalized spacial score (nSPS) is 8.82. The molecule has 0 rings (SSSR count). The maximum Gasteiger partial charge on any atom is 0.337 e. The van der Waals surface area contributed by atoms with E-state index in [0.29, 0.717) is 0 Å². The first-order valence-electron chi connectivity index (χ1n) is 4.19. The molecule has 0 aromatic rings. The van der Waals surface area contributed by atoms with E-state index >= 15 is 0 Å². The van der Waals surface area contributed by atoms with Gasteiger partial charge in [0.2, 0.25) is 0 Å². The van der Waals surface area contributed by atoms with Gasteiger partial charge in [0.25, 0.3) is 0 Å². The zero-order chi connectivity index (χ0) is 13.8. The molecule has 6 heteroatoms. The molecule has 94 valence electrons. The van der Waals surface area contributed by atoms with Gasteiger partial charge in [-0.25, -0.2) is 9.59 Å². The van der Waals surface area contributed by atoms with Gasteiger partial charge in [0.05, 0.1) is 10.1 Å². The van der Waals surface area contributed by atoms with Crippen LogP contribution in [0.15, 0.2) is 48.0 Å². The van der Waals surface area contributed by atoms with Crippen LogP contribution in [-0.2, 0) is 14.3 Å². The van der Waals surface area contributed by atoms with Gasteiger partial charge in [-0.15, -0.1) is 0 Å². The summed E-state index contributed by atoms with van der Waals surface area (Å²) in [6.07, 6.45) is 3.30. The molecule has 0 aliphatic carbocycles. The Hall–Kier alpha value is -1.52. The summed E-state index contributed by atoms with van der Waals surface area (Å²) in [5.41, 5.74) is -0.00995.